The van der Waals surface area contributed by atoms with Crippen LogP contribution in [0.4, 0.5) is 5.69 Å². The molecule has 2 rings (SSSR count). The van der Waals surface area contributed by atoms with E-state index in [4.69, 9.17) is 21.7 Å². The highest BCUT2D eigenvalue weighted by Gasteiger charge is 2.03. The van der Waals surface area contributed by atoms with Crippen LogP contribution < -0.4 is 20.1 Å². The fraction of sp³-hybridized carbons (Fsp3) is 0.188. The molecule has 0 atom stereocenters. The predicted molar refractivity (Wildman–Crippen MR) is 89.0 cm³/mol. The molecule has 0 fully saturated rings. The number of thiocarbonyl (C=S) groups is 1. The van der Waals surface area contributed by atoms with E-state index in [1.54, 1.807) is 14.2 Å². The number of anilines is 1. The minimum absolute atomic E-state index is 0.550. The third kappa shape index (κ3) is 4.36. The summed E-state index contributed by atoms with van der Waals surface area (Å²) in [7, 11) is 3.29. The molecule has 0 saturated carbocycles. The summed E-state index contributed by atoms with van der Waals surface area (Å²) in [5.74, 6) is 1.63. The molecular formula is C16H18N2O2S. The van der Waals surface area contributed by atoms with E-state index in [0.29, 0.717) is 11.7 Å². The zero-order chi connectivity index (χ0) is 15.1. The second-order valence-corrected chi connectivity index (χ2v) is 4.76. The molecule has 110 valence electrons. The smallest absolute Gasteiger partial charge is 0.171 e. The Morgan fingerprint density at radius 2 is 1.86 bits per heavy atom. The molecule has 0 aliphatic heterocycles. The SMILES string of the molecule is COc1cccc(NC(=S)NCc2ccccc2OC)c1. The van der Waals surface area contributed by atoms with Crippen LogP contribution >= 0.6 is 12.2 Å². The van der Waals surface area contributed by atoms with E-state index < -0.39 is 0 Å². The van der Waals surface area contributed by atoms with Gasteiger partial charge in [0.2, 0.25) is 0 Å². The second kappa shape index (κ2) is 7.50. The predicted octanol–water partition coefficient (Wildman–Crippen LogP) is 3.19. The Bertz CT molecular complexity index is 617. The lowest BCUT2D eigenvalue weighted by Crippen LogP contribution is -2.28. The molecule has 4 nitrogen and oxygen atoms in total. The molecule has 0 aromatic heterocycles. The van der Waals surface area contributed by atoms with E-state index in [0.717, 1.165) is 22.7 Å². The average Bonchev–Trinajstić information content (AvgIpc) is 2.53. The molecule has 2 aromatic carbocycles. The number of rotatable bonds is 5. The number of ether oxygens (including phenoxy) is 2. The van der Waals surface area contributed by atoms with Gasteiger partial charge < -0.3 is 20.1 Å². The topological polar surface area (TPSA) is 42.5 Å². The van der Waals surface area contributed by atoms with Gasteiger partial charge in [-0.2, -0.15) is 0 Å². The van der Waals surface area contributed by atoms with Crippen molar-refractivity contribution in [2.24, 2.45) is 0 Å². The molecule has 0 saturated heterocycles. The van der Waals surface area contributed by atoms with Crippen LogP contribution in [-0.2, 0) is 6.54 Å². The Kier molecular flexibility index (Phi) is 5.40. The van der Waals surface area contributed by atoms with Gasteiger partial charge in [0, 0.05) is 23.9 Å². The minimum atomic E-state index is 0.550. The zero-order valence-electron chi connectivity index (χ0n) is 12.1. The highest BCUT2D eigenvalue weighted by atomic mass is 32.1. The van der Waals surface area contributed by atoms with E-state index in [2.05, 4.69) is 10.6 Å². The van der Waals surface area contributed by atoms with E-state index >= 15 is 0 Å². The fourth-order valence-corrected chi connectivity index (χ4v) is 2.09. The van der Waals surface area contributed by atoms with Crippen molar-refractivity contribution in [1.29, 1.82) is 0 Å². The van der Waals surface area contributed by atoms with Crippen molar-refractivity contribution in [3.63, 3.8) is 0 Å². The first kappa shape index (κ1) is 15.1. The standard InChI is InChI=1S/C16H18N2O2S/c1-19-14-8-5-7-13(10-14)18-16(21)17-11-12-6-3-4-9-15(12)20-2/h3-10H,11H2,1-2H3,(H2,17,18,21). The summed E-state index contributed by atoms with van der Waals surface area (Å²) >= 11 is 5.29. The van der Waals surface area contributed by atoms with Crippen molar-refractivity contribution < 1.29 is 9.47 Å². The molecule has 0 aliphatic carbocycles. The first-order valence-corrected chi connectivity index (χ1v) is 6.94. The molecule has 0 heterocycles. The summed E-state index contributed by atoms with van der Waals surface area (Å²) < 4.78 is 10.5. The summed E-state index contributed by atoms with van der Waals surface area (Å²) in [6.07, 6.45) is 0. The van der Waals surface area contributed by atoms with Crippen LogP contribution in [0.2, 0.25) is 0 Å². The Hall–Kier alpha value is -2.27. The highest BCUT2D eigenvalue weighted by molar-refractivity contribution is 7.80. The van der Waals surface area contributed by atoms with Crippen molar-refractivity contribution in [3.05, 3.63) is 54.1 Å². The number of benzene rings is 2. The molecule has 2 N–H and O–H groups in total. The zero-order valence-corrected chi connectivity index (χ0v) is 12.9. The quantitative estimate of drug-likeness (QED) is 0.830. The molecule has 21 heavy (non-hydrogen) atoms. The molecule has 0 amide bonds. The van der Waals surface area contributed by atoms with Crippen LogP contribution in [0.1, 0.15) is 5.56 Å². The third-order valence-electron chi connectivity index (χ3n) is 2.96. The van der Waals surface area contributed by atoms with Gasteiger partial charge in [0.15, 0.2) is 5.11 Å². The van der Waals surface area contributed by atoms with E-state index in [1.165, 1.54) is 0 Å². The Balaban J connectivity index is 1.92. The normalized spacial score (nSPS) is 9.81. The van der Waals surface area contributed by atoms with Gasteiger partial charge in [-0.3, -0.25) is 0 Å². The van der Waals surface area contributed by atoms with Crippen LogP contribution in [0.3, 0.4) is 0 Å². The summed E-state index contributed by atoms with van der Waals surface area (Å²) in [6.45, 7) is 0.597. The Morgan fingerprint density at radius 3 is 2.62 bits per heavy atom. The third-order valence-corrected chi connectivity index (χ3v) is 3.21. The fourth-order valence-electron chi connectivity index (χ4n) is 1.90. The largest absolute Gasteiger partial charge is 0.497 e. The lowest BCUT2D eigenvalue weighted by atomic mass is 10.2. The maximum Gasteiger partial charge on any atom is 0.171 e. The van der Waals surface area contributed by atoms with Gasteiger partial charge in [-0.05, 0) is 30.4 Å². The maximum absolute atomic E-state index is 5.31. The van der Waals surface area contributed by atoms with Crippen molar-refractivity contribution in [1.82, 2.24) is 5.32 Å². The molecule has 0 radical (unpaired) electrons. The van der Waals surface area contributed by atoms with E-state index in [1.807, 2.05) is 48.5 Å². The molecule has 0 spiro atoms. The summed E-state index contributed by atoms with van der Waals surface area (Å²) in [6, 6.07) is 15.4. The van der Waals surface area contributed by atoms with Crippen molar-refractivity contribution >= 4 is 23.0 Å². The van der Waals surface area contributed by atoms with Crippen molar-refractivity contribution in [2.75, 3.05) is 19.5 Å². The molecule has 2 aromatic rings. The summed E-state index contributed by atoms with van der Waals surface area (Å²) in [5.41, 5.74) is 1.93. The molecular weight excluding hydrogens is 284 g/mol. The maximum atomic E-state index is 5.31. The van der Waals surface area contributed by atoms with Crippen LogP contribution in [0.5, 0.6) is 11.5 Å². The second-order valence-electron chi connectivity index (χ2n) is 4.35. The Morgan fingerprint density at radius 1 is 1.05 bits per heavy atom. The van der Waals surface area contributed by atoms with Gasteiger partial charge in [-0.25, -0.2) is 0 Å². The number of methoxy groups -OCH3 is 2. The molecule has 5 heteroatoms. The lowest BCUT2D eigenvalue weighted by molar-refractivity contribution is 0.409. The van der Waals surface area contributed by atoms with Gasteiger partial charge in [-0.15, -0.1) is 0 Å². The van der Waals surface area contributed by atoms with Gasteiger partial charge in [0.05, 0.1) is 14.2 Å². The lowest BCUT2D eigenvalue weighted by Gasteiger charge is -2.13. The summed E-state index contributed by atoms with van der Waals surface area (Å²) in [4.78, 5) is 0. The van der Waals surface area contributed by atoms with Crippen molar-refractivity contribution in [3.8, 4) is 11.5 Å². The monoisotopic (exact) mass is 302 g/mol. The molecule has 0 unspecified atom stereocenters. The number of nitrogens with one attached hydrogen (secondary N) is 2. The number of para-hydroxylation sites is 1. The Labute approximate surface area is 130 Å². The van der Waals surface area contributed by atoms with Crippen LogP contribution in [0.15, 0.2) is 48.5 Å². The van der Waals surface area contributed by atoms with Gasteiger partial charge in [0.1, 0.15) is 11.5 Å². The average molecular weight is 302 g/mol. The first-order chi connectivity index (χ1) is 10.2. The first-order valence-electron chi connectivity index (χ1n) is 6.53. The number of hydrogen-bond donors (Lipinski definition) is 2. The van der Waals surface area contributed by atoms with Crippen LogP contribution in [0.25, 0.3) is 0 Å². The summed E-state index contributed by atoms with van der Waals surface area (Å²) in [5, 5.41) is 6.83. The van der Waals surface area contributed by atoms with E-state index in [-0.39, 0.29) is 0 Å². The minimum Gasteiger partial charge on any atom is -0.497 e. The number of hydrogen-bond acceptors (Lipinski definition) is 3. The van der Waals surface area contributed by atoms with Gasteiger partial charge in [0.25, 0.3) is 0 Å². The van der Waals surface area contributed by atoms with Crippen LogP contribution in [-0.4, -0.2) is 19.3 Å². The highest BCUT2D eigenvalue weighted by Crippen LogP contribution is 2.18. The van der Waals surface area contributed by atoms with Crippen molar-refractivity contribution in [2.45, 2.75) is 6.54 Å². The van der Waals surface area contributed by atoms with Crippen LogP contribution in [0, 0.1) is 0 Å². The molecule has 0 aliphatic rings. The van der Waals surface area contributed by atoms with Gasteiger partial charge >= 0.3 is 0 Å². The molecule has 0 bridgehead atoms. The van der Waals surface area contributed by atoms with E-state index in [9.17, 15) is 0 Å². The van der Waals surface area contributed by atoms with Gasteiger partial charge in [-0.1, -0.05) is 24.3 Å².